The van der Waals surface area contributed by atoms with Gasteiger partial charge in [-0.2, -0.15) is 0 Å². The van der Waals surface area contributed by atoms with Gasteiger partial charge in [0, 0.05) is 18.1 Å². The first kappa shape index (κ1) is 9.85. The van der Waals surface area contributed by atoms with Crippen molar-refractivity contribution in [3.05, 3.63) is 30.1 Å². The highest BCUT2D eigenvalue weighted by Crippen LogP contribution is 2.14. The predicted octanol–water partition coefficient (Wildman–Crippen LogP) is 2.55. The third-order valence-corrected chi connectivity index (χ3v) is 3.30. The van der Waals surface area contributed by atoms with E-state index in [9.17, 15) is 0 Å². The zero-order valence-electron chi connectivity index (χ0n) is 9.45. The molecule has 0 bridgehead atoms. The quantitative estimate of drug-likeness (QED) is 0.835. The van der Waals surface area contributed by atoms with Gasteiger partial charge in [0.2, 0.25) is 0 Å². The first-order valence-electron chi connectivity index (χ1n) is 6.07. The summed E-state index contributed by atoms with van der Waals surface area (Å²) < 4.78 is 0. The van der Waals surface area contributed by atoms with Crippen LogP contribution in [0.2, 0.25) is 0 Å². The Morgan fingerprint density at radius 3 is 2.88 bits per heavy atom. The molecule has 3 heterocycles. The molecular formula is C13H17N3. The fourth-order valence-electron chi connectivity index (χ4n) is 2.41. The van der Waals surface area contributed by atoms with Crippen molar-refractivity contribution in [3.63, 3.8) is 0 Å². The molecule has 0 radical (unpaired) electrons. The Labute approximate surface area is 95.5 Å². The van der Waals surface area contributed by atoms with E-state index in [0.717, 1.165) is 12.2 Å². The van der Waals surface area contributed by atoms with Crippen LogP contribution in [0.15, 0.2) is 24.4 Å². The minimum absolute atomic E-state index is 0.995. The second kappa shape index (κ2) is 4.26. The molecule has 1 aliphatic rings. The van der Waals surface area contributed by atoms with Gasteiger partial charge in [-0.15, -0.1) is 0 Å². The molecule has 1 N–H and O–H groups in total. The van der Waals surface area contributed by atoms with Gasteiger partial charge in [-0.05, 0) is 44.1 Å². The Balaban J connectivity index is 1.77. The molecule has 1 saturated heterocycles. The first-order chi connectivity index (χ1) is 7.92. The number of hydrogen-bond acceptors (Lipinski definition) is 2. The molecule has 1 aliphatic heterocycles. The molecule has 84 valence electrons. The second-order valence-electron chi connectivity index (χ2n) is 4.55. The summed E-state index contributed by atoms with van der Waals surface area (Å²) in [6.07, 6.45) is 6.01. The van der Waals surface area contributed by atoms with Crippen LogP contribution in [0.4, 0.5) is 0 Å². The fourth-order valence-corrected chi connectivity index (χ4v) is 2.41. The van der Waals surface area contributed by atoms with Crippen molar-refractivity contribution in [3.8, 4) is 0 Å². The van der Waals surface area contributed by atoms with Crippen molar-refractivity contribution in [1.82, 2.24) is 14.9 Å². The molecule has 1 fully saturated rings. The van der Waals surface area contributed by atoms with E-state index in [2.05, 4.69) is 33.1 Å². The lowest BCUT2D eigenvalue weighted by molar-refractivity contribution is 0.219. The highest BCUT2D eigenvalue weighted by atomic mass is 15.1. The maximum absolute atomic E-state index is 4.63. The van der Waals surface area contributed by atoms with Crippen LogP contribution in [0, 0.1) is 0 Å². The number of aromatic amines is 1. The van der Waals surface area contributed by atoms with Gasteiger partial charge in [-0.1, -0.05) is 6.42 Å². The molecule has 0 aromatic carbocycles. The van der Waals surface area contributed by atoms with E-state index >= 15 is 0 Å². The number of fused-ring (bicyclic) bond motifs is 1. The van der Waals surface area contributed by atoms with E-state index < -0.39 is 0 Å². The number of rotatable bonds is 2. The standard InChI is InChI=1S/C13H17N3/c1-2-8-16(9-3-1)10-12-5-4-11-6-7-14-13(11)15-12/h4-7H,1-3,8-10H2,(H,14,15). The summed E-state index contributed by atoms with van der Waals surface area (Å²) in [5.74, 6) is 0. The monoisotopic (exact) mass is 215 g/mol. The largest absolute Gasteiger partial charge is 0.346 e. The van der Waals surface area contributed by atoms with Gasteiger partial charge >= 0.3 is 0 Å². The van der Waals surface area contributed by atoms with E-state index in [4.69, 9.17) is 0 Å². The molecule has 2 aromatic heterocycles. The maximum Gasteiger partial charge on any atom is 0.137 e. The number of nitrogens with one attached hydrogen (secondary N) is 1. The van der Waals surface area contributed by atoms with Crippen molar-refractivity contribution in [2.75, 3.05) is 13.1 Å². The van der Waals surface area contributed by atoms with Crippen molar-refractivity contribution < 1.29 is 0 Å². The second-order valence-corrected chi connectivity index (χ2v) is 4.55. The Morgan fingerprint density at radius 2 is 2.00 bits per heavy atom. The predicted molar refractivity (Wildman–Crippen MR) is 65.2 cm³/mol. The summed E-state index contributed by atoms with van der Waals surface area (Å²) in [7, 11) is 0. The Hall–Kier alpha value is -1.35. The number of pyridine rings is 1. The number of piperidine rings is 1. The van der Waals surface area contributed by atoms with Gasteiger partial charge in [-0.3, -0.25) is 4.90 Å². The van der Waals surface area contributed by atoms with Crippen LogP contribution in [-0.4, -0.2) is 28.0 Å². The Morgan fingerprint density at radius 1 is 1.12 bits per heavy atom. The Bertz CT molecular complexity index is 469. The molecule has 0 atom stereocenters. The lowest BCUT2D eigenvalue weighted by atomic mass is 10.1. The molecule has 16 heavy (non-hydrogen) atoms. The molecule has 0 unspecified atom stereocenters. The van der Waals surface area contributed by atoms with Gasteiger partial charge in [0.05, 0.1) is 5.69 Å². The smallest absolute Gasteiger partial charge is 0.137 e. The minimum Gasteiger partial charge on any atom is -0.346 e. The molecule has 0 amide bonds. The van der Waals surface area contributed by atoms with Gasteiger partial charge < -0.3 is 4.98 Å². The van der Waals surface area contributed by atoms with E-state index in [1.165, 1.54) is 43.4 Å². The molecule has 0 aliphatic carbocycles. The Kier molecular flexibility index (Phi) is 2.62. The van der Waals surface area contributed by atoms with E-state index in [1.807, 2.05) is 6.20 Å². The van der Waals surface area contributed by atoms with Gasteiger partial charge in [-0.25, -0.2) is 4.98 Å². The highest BCUT2D eigenvalue weighted by Gasteiger charge is 2.11. The minimum atomic E-state index is 0.995. The average molecular weight is 215 g/mol. The van der Waals surface area contributed by atoms with Crippen LogP contribution in [0.5, 0.6) is 0 Å². The first-order valence-corrected chi connectivity index (χ1v) is 6.07. The molecular weight excluding hydrogens is 198 g/mol. The number of hydrogen-bond donors (Lipinski definition) is 1. The molecule has 2 aromatic rings. The fraction of sp³-hybridized carbons (Fsp3) is 0.462. The summed E-state index contributed by atoms with van der Waals surface area (Å²) in [5, 5.41) is 1.20. The topological polar surface area (TPSA) is 31.9 Å². The number of nitrogens with zero attached hydrogens (tertiary/aromatic N) is 2. The summed E-state index contributed by atoms with van der Waals surface area (Å²) in [6.45, 7) is 3.45. The lowest BCUT2D eigenvalue weighted by Gasteiger charge is -2.25. The van der Waals surface area contributed by atoms with E-state index in [-0.39, 0.29) is 0 Å². The van der Waals surface area contributed by atoms with Crippen LogP contribution >= 0.6 is 0 Å². The van der Waals surface area contributed by atoms with Crippen LogP contribution in [0.25, 0.3) is 11.0 Å². The molecule has 3 rings (SSSR count). The SMILES string of the molecule is c1cc2ccc(CN3CCCCC3)nc2[nH]1. The van der Waals surface area contributed by atoms with Crippen LogP contribution in [-0.2, 0) is 6.54 Å². The van der Waals surface area contributed by atoms with Gasteiger partial charge in [0.25, 0.3) is 0 Å². The van der Waals surface area contributed by atoms with Crippen molar-refractivity contribution in [2.45, 2.75) is 25.8 Å². The van der Waals surface area contributed by atoms with Crippen LogP contribution < -0.4 is 0 Å². The highest BCUT2D eigenvalue weighted by molar-refractivity contribution is 5.75. The van der Waals surface area contributed by atoms with Crippen LogP contribution in [0.1, 0.15) is 25.0 Å². The lowest BCUT2D eigenvalue weighted by Crippen LogP contribution is -2.29. The number of aromatic nitrogens is 2. The van der Waals surface area contributed by atoms with Crippen LogP contribution in [0.3, 0.4) is 0 Å². The molecule has 0 saturated carbocycles. The number of H-pyrrole nitrogens is 1. The molecule has 0 spiro atoms. The van der Waals surface area contributed by atoms with Gasteiger partial charge in [0.1, 0.15) is 5.65 Å². The summed E-state index contributed by atoms with van der Waals surface area (Å²) >= 11 is 0. The summed E-state index contributed by atoms with van der Waals surface area (Å²) in [6, 6.07) is 6.36. The molecule has 3 nitrogen and oxygen atoms in total. The zero-order chi connectivity index (χ0) is 10.8. The number of likely N-dealkylation sites (tertiary alicyclic amines) is 1. The van der Waals surface area contributed by atoms with Crippen molar-refractivity contribution in [2.24, 2.45) is 0 Å². The van der Waals surface area contributed by atoms with Crippen molar-refractivity contribution >= 4 is 11.0 Å². The maximum atomic E-state index is 4.63. The third-order valence-electron chi connectivity index (χ3n) is 3.30. The van der Waals surface area contributed by atoms with E-state index in [0.29, 0.717) is 0 Å². The summed E-state index contributed by atoms with van der Waals surface area (Å²) in [5.41, 5.74) is 2.19. The normalized spacial score (nSPS) is 18.0. The van der Waals surface area contributed by atoms with Gasteiger partial charge in [0.15, 0.2) is 0 Å². The molecule has 3 heteroatoms. The summed E-state index contributed by atoms with van der Waals surface area (Å²) in [4.78, 5) is 10.3. The third kappa shape index (κ3) is 1.95. The zero-order valence-corrected chi connectivity index (χ0v) is 9.45. The van der Waals surface area contributed by atoms with E-state index in [1.54, 1.807) is 0 Å². The average Bonchev–Trinajstić information content (AvgIpc) is 2.77. The van der Waals surface area contributed by atoms with Crippen molar-refractivity contribution in [1.29, 1.82) is 0 Å².